The van der Waals surface area contributed by atoms with E-state index >= 15 is 0 Å². The molecule has 8 heavy (non-hydrogen) atoms. The third-order valence-corrected chi connectivity index (χ3v) is 1.67. The molecule has 3 heteroatoms. The second-order valence-corrected chi connectivity index (χ2v) is 2.53. The van der Waals surface area contributed by atoms with E-state index in [1.54, 1.807) is 18.3 Å². The van der Waals surface area contributed by atoms with Gasteiger partial charge in [-0.1, -0.05) is 13.3 Å². The molecule has 0 saturated carbocycles. The molecule has 0 fully saturated rings. The summed E-state index contributed by atoms with van der Waals surface area (Å²) in [6.07, 6.45) is 4.02. The lowest BCUT2D eigenvalue weighted by Crippen LogP contribution is -1.90. The van der Waals surface area contributed by atoms with Crippen LogP contribution >= 0.6 is 11.9 Å². The Morgan fingerprint density at radius 3 is 3.25 bits per heavy atom. The van der Waals surface area contributed by atoms with Crippen molar-refractivity contribution in [2.45, 2.75) is 19.8 Å². The molecule has 1 rings (SSSR count). The number of rotatable bonds is 2. The summed E-state index contributed by atoms with van der Waals surface area (Å²) in [4.78, 5) is 4.07. The van der Waals surface area contributed by atoms with Crippen molar-refractivity contribution in [2.24, 2.45) is 4.99 Å². The minimum atomic E-state index is 1.11. The molecule has 0 atom stereocenters. The van der Waals surface area contributed by atoms with E-state index in [0.717, 1.165) is 6.42 Å². The van der Waals surface area contributed by atoms with E-state index < -0.39 is 0 Å². The van der Waals surface area contributed by atoms with E-state index in [-0.39, 0.29) is 0 Å². The van der Waals surface area contributed by atoms with Gasteiger partial charge in [-0.25, -0.2) is 0 Å². The Morgan fingerprint density at radius 2 is 2.75 bits per heavy atom. The van der Waals surface area contributed by atoms with Gasteiger partial charge < -0.3 is 4.72 Å². The van der Waals surface area contributed by atoms with E-state index in [1.807, 2.05) is 0 Å². The number of nitrogens with one attached hydrogen (secondary N) is 1. The van der Waals surface area contributed by atoms with Gasteiger partial charge in [0.2, 0.25) is 0 Å². The third kappa shape index (κ3) is 1.40. The maximum absolute atomic E-state index is 4.07. The average Bonchev–Trinajstić information content (AvgIpc) is 2.19. The summed E-state index contributed by atoms with van der Waals surface area (Å²) in [5, 5.41) is 1.20. The molecular weight excluding hydrogens is 120 g/mol. The zero-order valence-electron chi connectivity index (χ0n) is 4.85. The van der Waals surface area contributed by atoms with Crippen molar-refractivity contribution in [2.75, 3.05) is 0 Å². The van der Waals surface area contributed by atoms with Crippen LogP contribution in [0, 0.1) is 5.37 Å². The average molecular weight is 129 g/mol. The van der Waals surface area contributed by atoms with Gasteiger partial charge in [0.1, 0.15) is 0 Å². The molecule has 1 N–H and O–H groups in total. The summed E-state index contributed by atoms with van der Waals surface area (Å²) < 4.78 is 2.95. The molecule has 0 spiro atoms. The van der Waals surface area contributed by atoms with Crippen LogP contribution in [-0.2, 0) is 0 Å². The SMILES string of the molecule is CCC[C]1N=CNS1. The fraction of sp³-hybridized carbons (Fsp3) is 0.600. The minimum Gasteiger partial charge on any atom is -0.319 e. The van der Waals surface area contributed by atoms with E-state index in [2.05, 4.69) is 16.6 Å². The van der Waals surface area contributed by atoms with Crippen molar-refractivity contribution in [3.63, 3.8) is 0 Å². The molecule has 0 aromatic heterocycles. The summed E-state index contributed by atoms with van der Waals surface area (Å²) in [5.41, 5.74) is 0. The zero-order valence-corrected chi connectivity index (χ0v) is 5.66. The summed E-state index contributed by atoms with van der Waals surface area (Å²) in [7, 11) is 0. The predicted octanol–water partition coefficient (Wildman–Crippen LogP) is 1.56. The summed E-state index contributed by atoms with van der Waals surface area (Å²) >= 11 is 1.61. The smallest absolute Gasteiger partial charge is 0.163 e. The van der Waals surface area contributed by atoms with Crippen LogP contribution in [0.2, 0.25) is 0 Å². The maximum Gasteiger partial charge on any atom is 0.163 e. The molecule has 0 amide bonds. The molecule has 1 radical (unpaired) electrons. The monoisotopic (exact) mass is 129 g/mol. The number of hydrogen-bond acceptors (Lipinski definition) is 3. The Balaban J connectivity index is 2.16. The molecule has 1 aliphatic heterocycles. The summed E-state index contributed by atoms with van der Waals surface area (Å²) in [6, 6.07) is 0. The molecule has 0 aliphatic carbocycles. The first-order chi connectivity index (χ1) is 3.93. The fourth-order valence-electron chi connectivity index (χ4n) is 0.549. The maximum atomic E-state index is 4.07. The van der Waals surface area contributed by atoms with Crippen LogP contribution in [0.1, 0.15) is 19.8 Å². The van der Waals surface area contributed by atoms with Crippen LogP contribution in [0.25, 0.3) is 0 Å². The largest absolute Gasteiger partial charge is 0.319 e. The second kappa shape index (κ2) is 2.97. The number of hydrogen-bond donors (Lipinski definition) is 1. The van der Waals surface area contributed by atoms with E-state index in [0.29, 0.717) is 0 Å². The molecule has 0 unspecified atom stereocenters. The van der Waals surface area contributed by atoms with Crippen molar-refractivity contribution in [3.05, 3.63) is 5.37 Å². The van der Waals surface area contributed by atoms with E-state index in [4.69, 9.17) is 0 Å². The van der Waals surface area contributed by atoms with Crippen molar-refractivity contribution in [1.82, 2.24) is 4.72 Å². The molecule has 0 saturated heterocycles. The molecule has 0 bridgehead atoms. The molecule has 1 heterocycles. The quantitative estimate of drug-likeness (QED) is 0.572. The molecule has 0 aromatic carbocycles. The van der Waals surface area contributed by atoms with Gasteiger partial charge in [-0.2, -0.15) is 0 Å². The van der Waals surface area contributed by atoms with Crippen LogP contribution in [-0.4, -0.2) is 6.34 Å². The zero-order chi connectivity index (χ0) is 5.82. The third-order valence-electron chi connectivity index (χ3n) is 0.902. The molecule has 45 valence electrons. The highest BCUT2D eigenvalue weighted by Crippen LogP contribution is 2.25. The Labute approximate surface area is 53.9 Å². The topological polar surface area (TPSA) is 24.4 Å². The summed E-state index contributed by atoms with van der Waals surface area (Å²) in [5.74, 6) is 0. The molecule has 0 aromatic rings. The molecule has 1 aliphatic rings. The fourth-order valence-corrected chi connectivity index (χ4v) is 1.20. The highest BCUT2D eigenvalue weighted by molar-refractivity contribution is 8.01. The number of aliphatic imine (C=N–C) groups is 1. The summed E-state index contributed by atoms with van der Waals surface area (Å²) in [6.45, 7) is 2.15. The molecule has 2 nitrogen and oxygen atoms in total. The van der Waals surface area contributed by atoms with Gasteiger partial charge in [0.25, 0.3) is 0 Å². The Hall–Kier alpha value is -0.180. The lowest BCUT2D eigenvalue weighted by Gasteiger charge is -1.97. The van der Waals surface area contributed by atoms with Crippen molar-refractivity contribution in [1.29, 1.82) is 0 Å². The first-order valence-electron chi connectivity index (χ1n) is 2.74. The second-order valence-electron chi connectivity index (χ2n) is 1.62. The normalized spacial score (nSPS) is 19.1. The van der Waals surface area contributed by atoms with Gasteiger partial charge >= 0.3 is 0 Å². The van der Waals surface area contributed by atoms with Crippen molar-refractivity contribution in [3.8, 4) is 0 Å². The number of nitrogens with zero attached hydrogens (tertiary/aromatic N) is 1. The van der Waals surface area contributed by atoms with Gasteiger partial charge in [-0.05, 0) is 18.4 Å². The first-order valence-corrected chi connectivity index (χ1v) is 3.56. The van der Waals surface area contributed by atoms with Crippen LogP contribution in [0.3, 0.4) is 0 Å². The van der Waals surface area contributed by atoms with Crippen molar-refractivity contribution < 1.29 is 0 Å². The standard InChI is InChI=1S/C5H9N2S/c1-2-3-5-6-4-7-8-5/h4H,2-3H2,1H3,(H,6,7). The molecular formula is C5H9N2S. The lowest BCUT2D eigenvalue weighted by molar-refractivity contribution is 0.870. The highest BCUT2D eigenvalue weighted by atomic mass is 32.2. The Kier molecular flexibility index (Phi) is 2.21. The Bertz CT molecular complexity index is 92.4. The van der Waals surface area contributed by atoms with Gasteiger partial charge in [-0.3, -0.25) is 4.99 Å². The van der Waals surface area contributed by atoms with Gasteiger partial charge in [0.15, 0.2) is 5.37 Å². The van der Waals surface area contributed by atoms with Crippen molar-refractivity contribution >= 4 is 18.3 Å². The van der Waals surface area contributed by atoms with Crippen LogP contribution < -0.4 is 4.72 Å². The van der Waals surface area contributed by atoms with Crippen LogP contribution in [0.5, 0.6) is 0 Å². The van der Waals surface area contributed by atoms with Crippen LogP contribution in [0.15, 0.2) is 4.99 Å². The van der Waals surface area contributed by atoms with E-state index in [1.165, 1.54) is 11.8 Å². The highest BCUT2D eigenvalue weighted by Gasteiger charge is 2.09. The lowest BCUT2D eigenvalue weighted by atomic mass is 10.3. The predicted molar refractivity (Wildman–Crippen MR) is 37.4 cm³/mol. The van der Waals surface area contributed by atoms with Crippen LogP contribution in [0.4, 0.5) is 0 Å². The van der Waals surface area contributed by atoms with E-state index in [9.17, 15) is 0 Å². The van der Waals surface area contributed by atoms with Gasteiger partial charge in [-0.15, -0.1) is 0 Å². The van der Waals surface area contributed by atoms with Gasteiger partial charge in [0.05, 0.1) is 6.34 Å². The van der Waals surface area contributed by atoms with Gasteiger partial charge in [0, 0.05) is 0 Å². The Morgan fingerprint density at radius 1 is 1.88 bits per heavy atom. The minimum absolute atomic E-state index is 1.11. The first kappa shape index (κ1) is 5.95.